The minimum atomic E-state index is -0.863. The number of rotatable bonds is 6. The van der Waals surface area contributed by atoms with Crippen molar-refractivity contribution in [3.63, 3.8) is 0 Å². The first-order valence-electron chi connectivity index (χ1n) is 7.98. The van der Waals surface area contributed by atoms with Crippen molar-refractivity contribution in [3.05, 3.63) is 33.3 Å². The van der Waals surface area contributed by atoms with E-state index in [1.807, 2.05) is 6.07 Å². The van der Waals surface area contributed by atoms with E-state index in [4.69, 9.17) is 44.6 Å². The number of carboxylic acids is 1. The van der Waals surface area contributed by atoms with Gasteiger partial charge in [-0.3, -0.25) is 4.79 Å². The second-order valence-electron chi connectivity index (χ2n) is 5.93. The SMILES string of the molecule is O=C(O)CCOC[C@@H]1CCCN1c1cc(Cl)c2ccc(Cl)c(Cl)c2n1. The fourth-order valence-corrected chi connectivity index (χ4v) is 3.63. The molecule has 1 fully saturated rings. The van der Waals surface area contributed by atoms with E-state index in [2.05, 4.69) is 9.88 Å². The van der Waals surface area contributed by atoms with Crippen LogP contribution >= 0.6 is 34.8 Å². The van der Waals surface area contributed by atoms with Crippen LogP contribution < -0.4 is 4.90 Å². The van der Waals surface area contributed by atoms with Crippen molar-refractivity contribution in [2.75, 3.05) is 24.7 Å². The maximum Gasteiger partial charge on any atom is 0.305 e. The van der Waals surface area contributed by atoms with Crippen LogP contribution in [-0.2, 0) is 9.53 Å². The number of ether oxygens (including phenoxy) is 1. The summed E-state index contributed by atoms with van der Waals surface area (Å²) in [6, 6.07) is 5.46. The number of nitrogens with zero attached hydrogens (tertiary/aromatic N) is 2. The van der Waals surface area contributed by atoms with Gasteiger partial charge in [-0.1, -0.05) is 34.8 Å². The van der Waals surface area contributed by atoms with Crippen LogP contribution in [0.5, 0.6) is 0 Å². The smallest absolute Gasteiger partial charge is 0.305 e. The Kier molecular flexibility index (Phi) is 5.89. The summed E-state index contributed by atoms with van der Waals surface area (Å²) in [7, 11) is 0. The number of aliphatic carboxylic acids is 1. The summed E-state index contributed by atoms with van der Waals surface area (Å²) in [6.45, 7) is 1.49. The van der Waals surface area contributed by atoms with Gasteiger partial charge in [0.2, 0.25) is 0 Å². The molecule has 1 N–H and O–H groups in total. The standard InChI is InChI=1S/C17H17Cl3N2O3/c18-12-4-3-11-13(19)8-14(21-17(11)16(12)20)22-6-1-2-10(22)9-25-7-5-15(23)24/h3-4,8,10H,1-2,5-7,9H2,(H,23,24)/t10-/m0/s1. The molecule has 8 heteroatoms. The van der Waals surface area contributed by atoms with Crippen LogP contribution in [0.1, 0.15) is 19.3 Å². The monoisotopic (exact) mass is 402 g/mol. The molecule has 5 nitrogen and oxygen atoms in total. The van der Waals surface area contributed by atoms with Gasteiger partial charge >= 0.3 is 5.97 Å². The first-order chi connectivity index (χ1) is 12.0. The second kappa shape index (κ2) is 7.96. The minimum absolute atomic E-state index is 0.000873. The molecule has 1 aliphatic rings. The lowest BCUT2D eigenvalue weighted by atomic mass is 10.2. The van der Waals surface area contributed by atoms with Gasteiger partial charge in [0, 0.05) is 11.9 Å². The number of hydrogen-bond donors (Lipinski definition) is 1. The summed E-state index contributed by atoms with van der Waals surface area (Å²) in [5.41, 5.74) is 0.578. The lowest BCUT2D eigenvalue weighted by molar-refractivity contribution is -0.138. The highest BCUT2D eigenvalue weighted by Crippen LogP contribution is 2.36. The molecule has 1 saturated heterocycles. The zero-order chi connectivity index (χ0) is 18.0. The zero-order valence-corrected chi connectivity index (χ0v) is 15.6. The van der Waals surface area contributed by atoms with E-state index >= 15 is 0 Å². The summed E-state index contributed by atoms with van der Waals surface area (Å²) < 4.78 is 5.51. The highest BCUT2D eigenvalue weighted by Gasteiger charge is 2.27. The van der Waals surface area contributed by atoms with Gasteiger partial charge in [0.05, 0.1) is 46.3 Å². The third-order valence-electron chi connectivity index (χ3n) is 4.25. The van der Waals surface area contributed by atoms with Gasteiger partial charge in [-0.05, 0) is 31.0 Å². The van der Waals surface area contributed by atoms with Crippen molar-refractivity contribution in [1.29, 1.82) is 0 Å². The number of fused-ring (bicyclic) bond motifs is 1. The van der Waals surface area contributed by atoms with Crippen molar-refractivity contribution in [2.24, 2.45) is 0 Å². The van der Waals surface area contributed by atoms with Gasteiger partial charge in [0.25, 0.3) is 0 Å². The first kappa shape index (κ1) is 18.5. The Hall–Kier alpha value is -1.27. The quantitative estimate of drug-likeness (QED) is 0.711. The maximum atomic E-state index is 10.6. The molecule has 1 aliphatic heterocycles. The van der Waals surface area contributed by atoms with Gasteiger partial charge in [-0.15, -0.1) is 0 Å². The summed E-state index contributed by atoms with van der Waals surface area (Å²) in [6.07, 6.45) is 1.96. The molecule has 0 aliphatic carbocycles. The fourth-order valence-electron chi connectivity index (χ4n) is 3.02. The van der Waals surface area contributed by atoms with Crippen LogP contribution in [0.15, 0.2) is 18.2 Å². The Labute approximate surface area is 160 Å². The Bertz CT molecular complexity index is 800. The number of benzene rings is 1. The molecule has 2 heterocycles. The number of halogens is 3. The number of aromatic nitrogens is 1. The van der Waals surface area contributed by atoms with Crippen molar-refractivity contribution in [1.82, 2.24) is 4.98 Å². The van der Waals surface area contributed by atoms with E-state index in [1.54, 1.807) is 12.1 Å². The van der Waals surface area contributed by atoms with Gasteiger partial charge in [-0.25, -0.2) is 4.98 Å². The van der Waals surface area contributed by atoms with Gasteiger partial charge < -0.3 is 14.7 Å². The average molecular weight is 404 g/mol. The highest BCUT2D eigenvalue weighted by molar-refractivity contribution is 6.46. The molecule has 0 radical (unpaired) electrons. The van der Waals surface area contributed by atoms with Crippen LogP contribution in [0.4, 0.5) is 5.82 Å². The highest BCUT2D eigenvalue weighted by atomic mass is 35.5. The number of hydrogen-bond acceptors (Lipinski definition) is 4. The van der Waals surface area contributed by atoms with E-state index in [0.717, 1.165) is 30.6 Å². The molecular weight excluding hydrogens is 387 g/mol. The summed E-state index contributed by atoms with van der Waals surface area (Å²) in [4.78, 5) is 17.4. The van der Waals surface area contributed by atoms with Gasteiger partial charge in [0.1, 0.15) is 5.82 Å². The molecule has 1 atom stereocenters. The summed E-state index contributed by atoms with van der Waals surface area (Å²) in [5.74, 6) is -0.135. The van der Waals surface area contributed by atoms with E-state index in [-0.39, 0.29) is 19.1 Å². The maximum absolute atomic E-state index is 10.6. The molecule has 0 amide bonds. The van der Waals surface area contributed by atoms with E-state index in [9.17, 15) is 4.79 Å². The first-order valence-corrected chi connectivity index (χ1v) is 9.11. The van der Waals surface area contributed by atoms with E-state index in [1.165, 1.54) is 0 Å². The lowest BCUT2D eigenvalue weighted by Gasteiger charge is -2.26. The molecule has 3 rings (SSSR count). The van der Waals surface area contributed by atoms with Crippen molar-refractivity contribution in [2.45, 2.75) is 25.3 Å². The van der Waals surface area contributed by atoms with Gasteiger partial charge in [0.15, 0.2) is 0 Å². The Morgan fingerprint density at radius 3 is 2.88 bits per heavy atom. The number of anilines is 1. The Morgan fingerprint density at radius 1 is 1.32 bits per heavy atom. The van der Waals surface area contributed by atoms with Crippen molar-refractivity contribution in [3.8, 4) is 0 Å². The van der Waals surface area contributed by atoms with Crippen molar-refractivity contribution < 1.29 is 14.6 Å². The van der Waals surface area contributed by atoms with Crippen LogP contribution in [0, 0.1) is 0 Å². The van der Waals surface area contributed by atoms with Crippen molar-refractivity contribution >= 4 is 57.5 Å². The van der Waals surface area contributed by atoms with E-state index in [0.29, 0.717) is 27.2 Å². The Balaban J connectivity index is 1.82. The third-order valence-corrected chi connectivity index (χ3v) is 5.36. The molecule has 0 saturated carbocycles. The minimum Gasteiger partial charge on any atom is -0.481 e. The van der Waals surface area contributed by atoms with Gasteiger partial charge in [-0.2, -0.15) is 0 Å². The lowest BCUT2D eigenvalue weighted by Crippen LogP contribution is -2.34. The molecule has 2 aromatic rings. The Morgan fingerprint density at radius 2 is 2.12 bits per heavy atom. The zero-order valence-electron chi connectivity index (χ0n) is 13.3. The topological polar surface area (TPSA) is 62.7 Å². The molecule has 0 bridgehead atoms. The fraction of sp³-hybridized carbons (Fsp3) is 0.412. The molecule has 25 heavy (non-hydrogen) atoms. The molecule has 0 unspecified atom stereocenters. The third kappa shape index (κ3) is 4.11. The molecule has 0 spiro atoms. The van der Waals surface area contributed by atoms with Crippen LogP contribution in [0.2, 0.25) is 15.1 Å². The number of carbonyl (C=O) groups is 1. The summed E-state index contributed by atoms with van der Waals surface area (Å²) in [5, 5.41) is 10.8. The average Bonchev–Trinajstić information content (AvgIpc) is 3.03. The summed E-state index contributed by atoms with van der Waals surface area (Å²) >= 11 is 18.8. The van der Waals surface area contributed by atoms with Crippen LogP contribution in [-0.4, -0.2) is 41.9 Å². The predicted molar refractivity (Wildman–Crippen MR) is 100 cm³/mol. The molecule has 1 aromatic heterocycles. The second-order valence-corrected chi connectivity index (χ2v) is 7.12. The number of carboxylic acid groups (broad SMARTS) is 1. The molecular formula is C17H17Cl3N2O3. The van der Waals surface area contributed by atoms with Crippen LogP contribution in [0.25, 0.3) is 10.9 Å². The molecule has 1 aromatic carbocycles. The van der Waals surface area contributed by atoms with Crippen LogP contribution in [0.3, 0.4) is 0 Å². The largest absolute Gasteiger partial charge is 0.481 e. The molecule has 134 valence electrons. The predicted octanol–water partition coefficient (Wildman–Crippen LogP) is 4.66. The van der Waals surface area contributed by atoms with E-state index < -0.39 is 5.97 Å². The normalized spacial score (nSPS) is 17.4. The number of pyridine rings is 1.